The maximum Gasteiger partial charge on any atom is 0.494 e. The van der Waals surface area contributed by atoms with Crippen molar-refractivity contribution in [3.63, 3.8) is 0 Å². The summed E-state index contributed by atoms with van der Waals surface area (Å²) in [6, 6.07) is 43.0. The number of aliphatic hydroxyl groups excluding tert-OH is 10. The molecule has 0 aromatic heterocycles. The van der Waals surface area contributed by atoms with Crippen molar-refractivity contribution >= 4 is 46.2 Å². The Labute approximate surface area is 661 Å². The Morgan fingerprint density at radius 2 is 0.938 bits per heavy atom. The van der Waals surface area contributed by atoms with Crippen LogP contribution in [0.3, 0.4) is 0 Å². The molecule has 113 heavy (non-hydrogen) atoms. The lowest BCUT2D eigenvalue weighted by Crippen LogP contribution is -2.60. The second-order valence-electron chi connectivity index (χ2n) is 29.5. The quantitative estimate of drug-likeness (QED) is 0.0281. The minimum Gasteiger partial charge on any atom is -0.399 e. The summed E-state index contributed by atoms with van der Waals surface area (Å²) in [6.45, 7) is 17.0. The standard InChI is InChI=1S/C25H30BrF3O2.C22H24F3NO7.C22H27NO7.C14H20BNO3/c1-5-22-15(2)16(3)23(30-14-18-9-7-6-8-10-18)24(31-22)17(4)20-12-11-19(26)13-21(20)25(27,28)29;1-26-21(32)12-4-2-3-10(7-12)11-5-6-13(14(8-11)22(23,24)25)16(28)20-19(31)18(30)17(29)15(9-27)33-20;1-11-8-13(12-4-3-5-14(9-12)22(29)23-2)6-7-15(11)17(25)21-20(28)19(27)18(26)16(10-24)30-21;1-13(2)14(3,4)19-15(18-13)11-8-6-7-10(9-11)12(17)16-5/h6-13,15-17,22-24H,5,14H2,1-4H3;2-8,15-20,27-31H,9H2,1H3,(H,26,32);3-9,16-21,24-28H,10H2,1-2H3,(H,23,29);6-9H,1-5H3,(H,16,17)/t15-,16-,17-,22?,23?,24+;15?,16-,17+,18-,19?,20+;16?,17-,18+,19-,20?,21+;/m000./s1. The minimum atomic E-state index is -4.90. The second-order valence-corrected chi connectivity index (χ2v) is 30.4. The fourth-order valence-electron chi connectivity index (χ4n) is 14.1. The third-order valence-corrected chi connectivity index (χ3v) is 22.1. The van der Waals surface area contributed by atoms with E-state index in [0.717, 1.165) is 46.8 Å². The average Bonchev–Trinajstić information content (AvgIpc) is 1.76. The maximum absolute atomic E-state index is 13.9. The molecule has 0 aliphatic carbocycles. The second kappa shape index (κ2) is 38.9. The predicted octanol–water partition coefficient (Wildman–Crippen LogP) is 9.46. The van der Waals surface area contributed by atoms with Crippen LogP contribution in [-0.4, -0.2) is 201 Å². The highest BCUT2D eigenvalue weighted by atomic mass is 79.9. The molecule has 30 heteroatoms. The number of carbonyl (C=O) groups is 3. The zero-order chi connectivity index (χ0) is 83.5. The van der Waals surface area contributed by atoms with Gasteiger partial charge in [0.05, 0.1) is 60.5 Å². The monoisotopic (exact) mass is 1650 g/mol. The lowest BCUT2D eigenvalue weighted by molar-refractivity contribution is -0.250. The van der Waals surface area contributed by atoms with E-state index < -0.39 is 141 Å². The Morgan fingerprint density at radius 1 is 0.513 bits per heavy atom. The first-order valence-electron chi connectivity index (χ1n) is 37.0. The van der Waals surface area contributed by atoms with Crippen LogP contribution in [0.5, 0.6) is 0 Å². The number of aryl methyl sites for hydroxylation is 1. The first-order chi connectivity index (χ1) is 53.2. The number of nitrogens with one attached hydrogen (secondary N) is 3. The van der Waals surface area contributed by atoms with Crippen molar-refractivity contribution in [1.82, 2.24) is 16.0 Å². The summed E-state index contributed by atoms with van der Waals surface area (Å²) >= 11 is 3.18. The van der Waals surface area contributed by atoms with Crippen LogP contribution < -0.4 is 21.4 Å². The first kappa shape index (κ1) is 91.0. The van der Waals surface area contributed by atoms with Crippen molar-refractivity contribution in [3.05, 3.63) is 218 Å². The summed E-state index contributed by atoms with van der Waals surface area (Å²) in [5, 5.41) is 108. The molecule has 18 atom stereocenters. The van der Waals surface area contributed by atoms with E-state index in [1.807, 2.05) is 89.2 Å². The number of amides is 3. The molecule has 614 valence electrons. The van der Waals surface area contributed by atoms with Crippen LogP contribution in [0.2, 0.25) is 0 Å². The molecule has 22 nitrogen and oxygen atoms in total. The number of benzene rings is 7. The van der Waals surface area contributed by atoms with Gasteiger partial charge in [-0.25, -0.2) is 0 Å². The Hall–Kier alpha value is -7.57. The van der Waals surface area contributed by atoms with Crippen LogP contribution in [0.25, 0.3) is 22.3 Å². The molecule has 7 aromatic rings. The topological polar surface area (TPSA) is 345 Å². The summed E-state index contributed by atoms with van der Waals surface area (Å²) in [7, 11) is 4.17. The van der Waals surface area contributed by atoms with Gasteiger partial charge in [-0.1, -0.05) is 147 Å². The van der Waals surface area contributed by atoms with Crippen molar-refractivity contribution in [2.45, 2.75) is 196 Å². The lowest BCUT2D eigenvalue weighted by atomic mass is 9.76. The van der Waals surface area contributed by atoms with Crippen LogP contribution in [0.15, 0.2) is 162 Å². The normalized spacial score (nSPS) is 26.1. The van der Waals surface area contributed by atoms with Gasteiger partial charge in [0, 0.05) is 48.2 Å². The van der Waals surface area contributed by atoms with E-state index in [1.165, 1.54) is 37.4 Å². The number of ether oxygens (including phenoxy) is 4. The van der Waals surface area contributed by atoms with Gasteiger partial charge in [0.2, 0.25) is 0 Å². The molecule has 3 amide bonds. The van der Waals surface area contributed by atoms with Crippen molar-refractivity contribution in [1.29, 1.82) is 0 Å². The van der Waals surface area contributed by atoms with Gasteiger partial charge in [-0.2, -0.15) is 26.3 Å². The molecule has 11 rings (SSSR count). The molecule has 13 N–H and O–H groups in total. The van der Waals surface area contributed by atoms with Gasteiger partial charge in [-0.15, -0.1) is 0 Å². The van der Waals surface area contributed by atoms with Gasteiger partial charge in [0.25, 0.3) is 17.7 Å². The molecule has 4 saturated heterocycles. The highest BCUT2D eigenvalue weighted by molar-refractivity contribution is 9.10. The molecular formula is C83H101BBrF6N3O19. The van der Waals surface area contributed by atoms with Crippen molar-refractivity contribution in [2.24, 2.45) is 11.8 Å². The molecule has 0 spiro atoms. The van der Waals surface area contributed by atoms with E-state index in [1.54, 1.807) is 75.6 Å². The molecule has 7 aromatic carbocycles. The smallest absolute Gasteiger partial charge is 0.399 e. The van der Waals surface area contributed by atoms with Gasteiger partial charge in [-0.05, 0) is 163 Å². The molecule has 4 aliphatic heterocycles. The van der Waals surface area contributed by atoms with Crippen molar-refractivity contribution < 1.29 is 120 Å². The number of aliphatic hydroxyl groups is 10. The molecule has 0 radical (unpaired) electrons. The van der Waals surface area contributed by atoms with Gasteiger partial charge in [0.15, 0.2) is 0 Å². The van der Waals surface area contributed by atoms with Gasteiger partial charge < -0.3 is 95.3 Å². The van der Waals surface area contributed by atoms with Crippen LogP contribution in [0.4, 0.5) is 26.3 Å². The van der Waals surface area contributed by atoms with Crippen molar-refractivity contribution in [3.8, 4) is 22.3 Å². The van der Waals surface area contributed by atoms with Crippen LogP contribution in [0.1, 0.15) is 150 Å². The third-order valence-electron chi connectivity index (χ3n) is 21.6. The zero-order valence-corrected chi connectivity index (χ0v) is 66.2. The SMILES string of the molecule is CCC1O[C@H]([C@@H](C)c2ccc(Br)cc2C(F)(F)F)C(OCc2ccccc2)[C@@H](C)[C@@H]1C.CNC(=O)c1cccc(-c2ccc([C@H](O)[C@H]3OC(CO)[C@@H](O)[C@H](O)C3O)c(C(F)(F)F)c2)c1.CNC(=O)c1cccc(-c2ccc([C@H](O)[C@H]3OC(CO)[C@@H](O)[C@H](O)C3O)c(C)c2)c1.CNC(=O)c1cccc(B2OC(C)(C)C(C)(C)O2)c1. The van der Waals surface area contributed by atoms with Crippen molar-refractivity contribution in [2.75, 3.05) is 34.4 Å². The van der Waals surface area contributed by atoms with E-state index in [-0.39, 0.29) is 63.8 Å². The summed E-state index contributed by atoms with van der Waals surface area (Å²) in [6.07, 6.45) is -28.1. The first-order valence-corrected chi connectivity index (χ1v) is 37.8. The Bertz CT molecular complexity index is 4320. The fourth-order valence-corrected chi connectivity index (χ4v) is 14.4. The molecular weight excluding hydrogens is 1550 g/mol. The number of alkyl halides is 6. The lowest BCUT2D eigenvalue weighted by Gasteiger charge is -2.47. The van der Waals surface area contributed by atoms with Gasteiger partial charge in [0.1, 0.15) is 73.2 Å². The fraction of sp³-hybridized carbons (Fsp3) is 0.458. The molecule has 0 bridgehead atoms. The Kier molecular flexibility index (Phi) is 31.3. The van der Waals surface area contributed by atoms with E-state index in [9.17, 15) is 91.8 Å². The van der Waals surface area contributed by atoms with Gasteiger partial charge >= 0.3 is 19.5 Å². The number of hydrogen-bond acceptors (Lipinski definition) is 19. The summed E-state index contributed by atoms with van der Waals surface area (Å²) in [5.74, 6) is -0.792. The number of rotatable bonds is 18. The Balaban J connectivity index is 0.000000192. The van der Waals surface area contributed by atoms with E-state index >= 15 is 0 Å². The van der Waals surface area contributed by atoms with E-state index in [0.29, 0.717) is 38.9 Å². The molecule has 6 unspecified atom stereocenters. The predicted molar refractivity (Wildman–Crippen MR) is 413 cm³/mol. The highest BCUT2D eigenvalue weighted by Crippen LogP contribution is 2.46. The minimum absolute atomic E-state index is 0.0104. The zero-order valence-electron chi connectivity index (χ0n) is 64.6. The van der Waals surface area contributed by atoms with Gasteiger partial charge in [-0.3, -0.25) is 14.4 Å². The summed E-state index contributed by atoms with van der Waals surface area (Å²) < 4.78 is 119. The largest absolute Gasteiger partial charge is 0.494 e. The number of carbonyl (C=O) groups excluding carboxylic acids is 3. The third kappa shape index (κ3) is 21.6. The molecule has 4 aliphatic rings. The highest BCUT2D eigenvalue weighted by Gasteiger charge is 2.53. The number of hydrogen-bond donors (Lipinski definition) is 13. The van der Waals surface area contributed by atoms with Crippen LogP contribution in [0, 0.1) is 18.8 Å². The van der Waals surface area contributed by atoms with E-state index in [2.05, 4.69) is 52.7 Å². The molecule has 0 saturated carbocycles. The summed E-state index contributed by atoms with van der Waals surface area (Å²) in [5.41, 5.74) is 3.60. The maximum atomic E-state index is 13.9. The Morgan fingerprint density at radius 3 is 1.40 bits per heavy atom. The number of halogens is 7. The average molecular weight is 1650 g/mol. The molecule has 4 heterocycles. The summed E-state index contributed by atoms with van der Waals surface area (Å²) in [4.78, 5) is 35.4. The van der Waals surface area contributed by atoms with Crippen LogP contribution in [-0.2, 0) is 47.2 Å². The molecule has 4 fully saturated rings. The van der Waals surface area contributed by atoms with Crippen LogP contribution >= 0.6 is 15.9 Å². The van der Waals surface area contributed by atoms with E-state index in [4.69, 9.17) is 28.3 Å².